The topological polar surface area (TPSA) is 94.2 Å². The first-order valence-electron chi connectivity index (χ1n) is 12.2. The van der Waals surface area contributed by atoms with Crippen LogP contribution in [0.4, 0.5) is 14.9 Å². The minimum atomic E-state index is -0.838. The molecule has 1 fully saturated rings. The van der Waals surface area contributed by atoms with E-state index >= 15 is 0 Å². The van der Waals surface area contributed by atoms with Gasteiger partial charge in [0.15, 0.2) is 11.5 Å². The molecule has 1 saturated heterocycles. The summed E-state index contributed by atoms with van der Waals surface area (Å²) in [4.78, 5) is 39.2. The monoisotopic (exact) mass is 518 g/mol. The molecule has 8 nitrogen and oxygen atoms in total. The van der Waals surface area contributed by atoms with Crippen LogP contribution < -0.4 is 24.4 Å². The summed E-state index contributed by atoms with van der Waals surface area (Å²) in [6.07, 6.45) is 2.23. The number of amides is 4. The number of urea groups is 1. The Morgan fingerprint density at radius 3 is 2.39 bits per heavy atom. The number of hydrogen-bond donors (Lipinski definition) is 1. The van der Waals surface area contributed by atoms with Crippen LogP contribution in [-0.4, -0.2) is 31.1 Å². The molecule has 0 saturated carbocycles. The van der Waals surface area contributed by atoms with E-state index in [9.17, 15) is 18.8 Å². The molecule has 1 aliphatic heterocycles. The molecule has 9 heteroatoms. The van der Waals surface area contributed by atoms with E-state index in [1.165, 1.54) is 18.2 Å². The molecule has 3 aromatic carbocycles. The van der Waals surface area contributed by atoms with Gasteiger partial charge in [-0.05, 0) is 79.1 Å². The Bertz CT molecular complexity index is 1370. The highest BCUT2D eigenvalue weighted by molar-refractivity contribution is 6.39. The number of rotatable bonds is 10. The van der Waals surface area contributed by atoms with E-state index in [0.29, 0.717) is 47.3 Å². The predicted molar refractivity (Wildman–Crippen MR) is 140 cm³/mol. The van der Waals surface area contributed by atoms with E-state index in [1.807, 2.05) is 13.8 Å². The Kier molecular flexibility index (Phi) is 8.37. The third kappa shape index (κ3) is 6.18. The standard InChI is InChI=1S/C29H27FN2O6/c1-3-14-37-23-11-9-22(10-12-23)32-28(34)24(27(33)31-29(32)35)16-19-8-13-25(26(17-19)36-4-2)38-18-20-6-5-7-21(30)15-20/h5-13,15-17H,3-4,14,18H2,1-2H3,(H,31,33,35)/b24-16-. The zero-order chi connectivity index (χ0) is 27.1. The molecule has 4 amide bonds. The van der Waals surface area contributed by atoms with Crippen molar-refractivity contribution in [3.05, 3.63) is 89.2 Å². The van der Waals surface area contributed by atoms with E-state index in [-0.39, 0.29) is 18.0 Å². The number of ether oxygens (including phenoxy) is 3. The van der Waals surface area contributed by atoms with Crippen molar-refractivity contribution in [1.82, 2.24) is 5.32 Å². The number of imide groups is 2. The minimum Gasteiger partial charge on any atom is -0.494 e. The van der Waals surface area contributed by atoms with Gasteiger partial charge in [-0.25, -0.2) is 14.1 Å². The summed E-state index contributed by atoms with van der Waals surface area (Å²) in [5.74, 6) is -0.511. The second-order valence-corrected chi connectivity index (χ2v) is 8.36. The Morgan fingerprint density at radius 2 is 1.68 bits per heavy atom. The van der Waals surface area contributed by atoms with Crippen LogP contribution >= 0.6 is 0 Å². The molecular weight excluding hydrogens is 491 g/mol. The summed E-state index contributed by atoms with van der Waals surface area (Å²) in [6, 6.07) is 16.6. The highest BCUT2D eigenvalue weighted by atomic mass is 19.1. The summed E-state index contributed by atoms with van der Waals surface area (Å²) in [7, 11) is 0. The third-order valence-electron chi connectivity index (χ3n) is 5.53. The first-order chi connectivity index (χ1) is 18.4. The zero-order valence-corrected chi connectivity index (χ0v) is 21.0. The Hall–Kier alpha value is -4.66. The van der Waals surface area contributed by atoms with Crippen molar-refractivity contribution in [3.63, 3.8) is 0 Å². The molecule has 0 bridgehead atoms. The number of anilines is 1. The fourth-order valence-corrected chi connectivity index (χ4v) is 3.76. The van der Waals surface area contributed by atoms with E-state index in [2.05, 4.69) is 5.32 Å². The average molecular weight is 519 g/mol. The van der Waals surface area contributed by atoms with Crippen LogP contribution in [0.3, 0.4) is 0 Å². The molecule has 1 aliphatic rings. The van der Waals surface area contributed by atoms with Crippen LogP contribution in [0.5, 0.6) is 17.2 Å². The van der Waals surface area contributed by atoms with Crippen LogP contribution in [0.25, 0.3) is 6.08 Å². The smallest absolute Gasteiger partial charge is 0.335 e. The number of carbonyl (C=O) groups excluding carboxylic acids is 3. The SMILES string of the molecule is CCCOc1ccc(N2C(=O)NC(=O)/C(=C/c3ccc(OCc4cccc(F)c4)c(OCC)c3)C2=O)cc1. The van der Waals surface area contributed by atoms with E-state index < -0.39 is 17.8 Å². The van der Waals surface area contributed by atoms with Crippen molar-refractivity contribution >= 4 is 29.6 Å². The maximum absolute atomic E-state index is 13.5. The molecule has 3 aromatic rings. The summed E-state index contributed by atoms with van der Waals surface area (Å²) in [5.41, 5.74) is 1.22. The molecule has 0 spiro atoms. The number of hydrogen-bond acceptors (Lipinski definition) is 6. The molecule has 38 heavy (non-hydrogen) atoms. The number of barbiturate groups is 1. The lowest BCUT2D eigenvalue weighted by Crippen LogP contribution is -2.54. The van der Waals surface area contributed by atoms with E-state index in [4.69, 9.17) is 14.2 Å². The second kappa shape index (κ2) is 12.1. The van der Waals surface area contributed by atoms with Crippen LogP contribution in [0.2, 0.25) is 0 Å². The Labute approximate surface area is 219 Å². The normalized spacial score (nSPS) is 14.4. The third-order valence-corrected chi connectivity index (χ3v) is 5.53. The lowest BCUT2D eigenvalue weighted by atomic mass is 10.1. The van der Waals surface area contributed by atoms with Gasteiger partial charge in [0.1, 0.15) is 23.7 Å². The number of carbonyl (C=O) groups is 3. The first-order valence-corrected chi connectivity index (χ1v) is 12.2. The molecule has 1 heterocycles. The Morgan fingerprint density at radius 1 is 0.895 bits per heavy atom. The van der Waals surface area contributed by atoms with Gasteiger partial charge in [-0.2, -0.15) is 0 Å². The molecule has 0 aromatic heterocycles. The minimum absolute atomic E-state index is 0.124. The van der Waals surface area contributed by atoms with Gasteiger partial charge in [0, 0.05) is 0 Å². The maximum Gasteiger partial charge on any atom is 0.335 e. The molecule has 0 atom stereocenters. The second-order valence-electron chi connectivity index (χ2n) is 8.36. The molecule has 0 aliphatic carbocycles. The fraction of sp³-hybridized carbons (Fsp3) is 0.207. The van der Waals surface area contributed by atoms with Gasteiger partial charge in [0.2, 0.25) is 0 Å². The average Bonchev–Trinajstić information content (AvgIpc) is 2.90. The van der Waals surface area contributed by atoms with Crippen LogP contribution in [0, 0.1) is 5.82 Å². The van der Waals surface area contributed by atoms with Gasteiger partial charge in [-0.3, -0.25) is 14.9 Å². The molecule has 1 N–H and O–H groups in total. The summed E-state index contributed by atoms with van der Waals surface area (Å²) in [6.45, 7) is 4.80. The predicted octanol–water partition coefficient (Wildman–Crippen LogP) is 5.26. The van der Waals surface area contributed by atoms with E-state index in [1.54, 1.807) is 54.6 Å². The number of halogens is 1. The van der Waals surface area contributed by atoms with Crippen LogP contribution in [0.15, 0.2) is 72.3 Å². The van der Waals surface area contributed by atoms with Gasteiger partial charge in [0.25, 0.3) is 11.8 Å². The number of benzene rings is 3. The van der Waals surface area contributed by atoms with Gasteiger partial charge >= 0.3 is 6.03 Å². The zero-order valence-electron chi connectivity index (χ0n) is 21.0. The van der Waals surface area contributed by atoms with Crippen molar-refractivity contribution < 1.29 is 33.0 Å². The lowest BCUT2D eigenvalue weighted by molar-refractivity contribution is -0.122. The molecular formula is C29H27FN2O6. The molecule has 0 unspecified atom stereocenters. The fourth-order valence-electron chi connectivity index (χ4n) is 3.76. The maximum atomic E-state index is 13.5. The van der Waals surface area contributed by atoms with Gasteiger partial charge in [-0.1, -0.05) is 25.1 Å². The molecule has 0 radical (unpaired) electrons. The molecule has 196 valence electrons. The summed E-state index contributed by atoms with van der Waals surface area (Å²) in [5, 5.41) is 2.21. The van der Waals surface area contributed by atoms with Crippen molar-refractivity contribution in [2.75, 3.05) is 18.1 Å². The number of nitrogens with zero attached hydrogens (tertiary/aromatic N) is 1. The lowest BCUT2D eigenvalue weighted by Gasteiger charge is -2.26. The Balaban J connectivity index is 1.57. The van der Waals surface area contributed by atoms with Crippen LogP contribution in [-0.2, 0) is 16.2 Å². The quantitative estimate of drug-likeness (QED) is 0.291. The van der Waals surface area contributed by atoms with Gasteiger partial charge < -0.3 is 14.2 Å². The highest BCUT2D eigenvalue weighted by Gasteiger charge is 2.36. The highest BCUT2D eigenvalue weighted by Crippen LogP contribution is 2.31. The largest absolute Gasteiger partial charge is 0.494 e. The number of nitrogens with one attached hydrogen (secondary N) is 1. The van der Waals surface area contributed by atoms with E-state index in [0.717, 1.165) is 11.3 Å². The summed E-state index contributed by atoms with van der Waals surface area (Å²) >= 11 is 0. The van der Waals surface area contributed by atoms with Crippen molar-refractivity contribution in [2.24, 2.45) is 0 Å². The van der Waals surface area contributed by atoms with Crippen molar-refractivity contribution in [3.8, 4) is 17.2 Å². The van der Waals surface area contributed by atoms with Crippen molar-refractivity contribution in [2.45, 2.75) is 26.9 Å². The molecule has 4 rings (SSSR count). The van der Waals surface area contributed by atoms with Gasteiger partial charge in [0.05, 0.1) is 18.9 Å². The first kappa shape index (κ1) is 26.4. The summed E-state index contributed by atoms with van der Waals surface area (Å²) < 4.78 is 30.5. The van der Waals surface area contributed by atoms with Crippen LogP contribution in [0.1, 0.15) is 31.4 Å². The van der Waals surface area contributed by atoms with Gasteiger partial charge in [-0.15, -0.1) is 0 Å². The van der Waals surface area contributed by atoms with Crippen molar-refractivity contribution in [1.29, 1.82) is 0 Å².